The van der Waals surface area contributed by atoms with Crippen LogP contribution in [0.1, 0.15) is 31.3 Å². The van der Waals surface area contributed by atoms with E-state index in [0.717, 1.165) is 12.1 Å². The number of nitrogens with one attached hydrogen (secondary N) is 1. The summed E-state index contributed by atoms with van der Waals surface area (Å²) in [5.74, 6) is 1.25. The average molecular weight is 237 g/mol. The lowest BCUT2D eigenvalue weighted by atomic mass is 10.2. The first kappa shape index (κ1) is 11.3. The van der Waals surface area contributed by atoms with Crippen molar-refractivity contribution in [2.45, 2.75) is 26.8 Å². The fraction of sp³-hybridized carbons (Fsp3) is 0.455. The molecular formula is C11H15N3OS. The van der Waals surface area contributed by atoms with Crippen molar-refractivity contribution in [3.63, 3.8) is 0 Å². The van der Waals surface area contributed by atoms with Crippen LogP contribution in [0.25, 0.3) is 11.5 Å². The predicted octanol–water partition coefficient (Wildman–Crippen LogP) is 2.78. The molecule has 0 fully saturated rings. The molecule has 1 unspecified atom stereocenters. The molecule has 0 bridgehead atoms. The first-order valence-corrected chi connectivity index (χ1v) is 6.26. The predicted molar refractivity (Wildman–Crippen MR) is 64.4 cm³/mol. The van der Waals surface area contributed by atoms with Gasteiger partial charge in [0.1, 0.15) is 0 Å². The standard InChI is InChI=1S/C11H15N3OS/c1-4-12-8(3)10-13-14-11(15-10)9-6-16-5-7(9)2/h5-6,8,12H,4H2,1-3H3. The van der Waals surface area contributed by atoms with E-state index < -0.39 is 0 Å². The molecule has 4 nitrogen and oxygen atoms in total. The van der Waals surface area contributed by atoms with Gasteiger partial charge in [-0.05, 0) is 31.3 Å². The summed E-state index contributed by atoms with van der Waals surface area (Å²) in [6, 6.07) is 0.102. The Kier molecular flexibility index (Phi) is 3.36. The fourth-order valence-corrected chi connectivity index (χ4v) is 2.31. The number of hydrogen-bond acceptors (Lipinski definition) is 5. The molecule has 2 aromatic heterocycles. The van der Waals surface area contributed by atoms with Gasteiger partial charge in [-0.25, -0.2) is 0 Å². The largest absolute Gasteiger partial charge is 0.419 e. The van der Waals surface area contributed by atoms with Crippen molar-refractivity contribution < 1.29 is 4.42 Å². The number of nitrogens with zero attached hydrogens (tertiary/aromatic N) is 2. The van der Waals surface area contributed by atoms with Gasteiger partial charge in [0.05, 0.1) is 11.6 Å². The summed E-state index contributed by atoms with van der Waals surface area (Å²) in [4.78, 5) is 0. The summed E-state index contributed by atoms with van der Waals surface area (Å²) >= 11 is 1.65. The van der Waals surface area contributed by atoms with Gasteiger partial charge in [-0.3, -0.25) is 0 Å². The summed E-state index contributed by atoms with van der Waals surface area (Å²) in [6.07, 6.45) is 0. The second-order valence-electron chi connectivity index (χ2n) is 3.69. The van der Waals surface area contributed by atoms with E-state index >= 15 is 0 Å². The molecule has 0 aliphatic heterocycles. The molecule has 0 aliphatic rings. The molecule has 0 radical (unpaired) electrons. The molecular weight excluding hydrogens is 222 g/mol. The Morgan fingerprint density at radius 1 is 1.44 bits per heavy atom. The summed E-state index contributed by atoms with van der Waals surface area (Å²) in [6.45, 7) is 7.00. The van der Waals surface area contributed by atoms with Crippen LogP contribution in [-0.2, 0) is 0 Å². The van der Waals surface area contributed by atoms with Crippen LogP contribution in [0.4, 0.5) is 0 Å². The van der Waals surface area contributed by atoms with E-state index in [1.165, 1.54) is 5.56 Å². The Balaban J connectivity index is 2.23. The highest BCUT2D eigenvalue weighted by Crippen LogP contribution is 2.26. The Bertz CT molecular complexity index is 463. The van der Waals surface area contributed by atoms with Gasteiger partial charge in [0, 0.05) is 5.38 Å². The summed E-state index contributed by atoms with van der Waals surface area (Å²) < 4.78 is 5.65. The fourth-order valence-electron chi connectivity index (χ4n) is 1.49. The minimum absolute atomic E-state index is 0.102. The van der Waals surface area contributed by atoms with Crippen molar-refractivity contribution in [3.8, 4) is 11.5 Å². The van der Waals surface area contributed by atoms with Gasteiger partial charge in [-0.15, -0.1) is 10.2 Å². The number of aromatic nitrogens is 2. The average Bonchev–Trinajstić information content (AvgIpc) is 2.86. The van der Waals surface area contributed by atoms with Crippen LogP contribution in [0.3, 0.4) is 0 Å². The number of thiophene rings is 1. The normalized spacial score (nSPS) is 12.9. The van der Waals surface area contributed by atoms with Crippen LogP contribution >= 0.6 is 11.3 Å². The molecule has 1 atom stereocenters. The minimum atomic E-state index is 0.102. The summed E-state index contributed by atoms with van der Waals surface area (Å²) in [7, 11) is 0. The Morgan fingerprint density at radius 2 is 2.25 bits per heavy atom. The van der Waals surface area contributed by atoms with Crippen molar-refractivity contribution in [2.24, 2.45) is 0 Å². The van der Waals surface area contributed by atoms with Crippen molar-refractivity contribution >= 4 is 11.3 Å². The molecule has 16 heavy (non-hydrogen) atoms. The zero-order chi connectivity index (χ0) is 11.5. The quantitative estimate of drug-likeness (QED) is 0.888. The van der Waals surface area contributed by atoms with Gasteiger partial charge >= 0.3 is 0 Å². The van der Waals surface area contributed by atoms with E-state index in [-0.39, 0.29) is 6.04 Å². The minimum Gasteiger partial charge on any atom is -0.419 e. The van der Waals surface area contributed by atoms with Gasteiger partial charge in [-0.2, -0.15) is 11.3 Å². The van der Waals surface area contributed by atoms with Crippen LogP contribution in [0.5, 0.6) is 0 Å². The van der Waals surface area contributed by atoms with Gasteiger partial charge in [0.15, 0.2) is 0 Å². The van der Waals surface area contributed by atoms with Crippen LogP contribution in [-0.4, -0.2) is 16.7 Å². The molecule has 0 saturated carbocycles. The first-order chi connectivity index (χ1) is 7.72. The van der Waals surface area contributed by atoms with E-state index in [0.29, 0.717) is 11.8 Å². The molecule has 2 aromatic rings. The summed E-state index contributed by atoms with van der Waals surface area (Å²) in [5.41, 5.74) is 2.21. The lowest BCUT2D eigenvalue weighted by Gasteiger charge is -2.05. The van der Waals surface area contributed by atoms with Crippen LogP contribution in [0.15, 0.2) is 15.2 Å². The van der Waals surface area contributed by atoms with Crippen molar-refractivity contribution in [1.82, 2.24) is 15.5 Å². The number of rotatable bonds is 4. The highest BCUT2D eigenvalue weighted by atomic mass is 32.1. The monoisotopic (exact) mass is 237 g/mol. The molecule has 2 rings (SSSR count). The molecule has 0 amide bonds. The number of hydrogen-bond donors (Lipinski definition) is 1. The molecule has 0 spiro atoms. The van der Waals surface area contributed by atoms with Crippen molar-refractivity contribution in [2.75, 3.05) is 6.54 Å². The van der Waals surface area contributed by atoms with Gasteiger partial charge < -0.3 is 9.73 Å². The van der Waals surface area contributed by atoms with Gasteiger partial charge in [-0.1, -0.05) is 6.92 Å². The van der Waals surface area contributed by atoms with Gasteiger partial charge in [0.25, 0.3) is 0 Å². The van der Waals surface area contributed by atoms with Crippen LogP contribution < -0.4 is 5.32 Å². The molecule has 0 aromatic carbocycles. The van der Waals surface area contributed by atoms with Crippen LogP contribution in [0, 0.1) is 6.92 Å². The summed E-state index contributed by atoms with van der Waals surface area (Å²) in [5, 5.41) is 15.5. The van der Waals surface area contributed by atoms with Crippen molar-refractivity contribution in [3.05, 3.63) is 22.2 Å². The molecule has 2 heterocycles. The third-order valence-corrected chi connectivity index (χ3v) is 3.27. The Labute approximate surface area is 98.7 Å². The maximum absolute atomic E-state index is 5.65. The van der Waals surface area contributed by atoms with E-state index in [2.05, 4.69) is 27.8 Å². The molecule has 86 valence electrons. The Hall–Kier alpha value is -1.20. The van der Waals surface area contributed by atoms with E-state index in [1.54, 1.807) is 11.3 Å². The highest BCUT2D eigenvalue weighted by Gasteiger charge is 2.15. The SMILES string of the molecule is CCNC(C)c1nnc(-c2cscc2C)o1. The maximum atomic E-state index is 5.65. The smallest absolute Gasteiger partial charge is 0.248 e. The third-order valence-electron chi connectivity index (χ3n) is 2.41. The third kappa shape index (κ3) is 2.15. The molecule has 1 N–H and O–H groups in total. The Morgan fingerprint density at radius 3 is 2.88 bits per heavy atom. The second kappa shape index (κ2) is 4.76. The van der Waals surface area contributed by atoms with E-state index in [9.17, 15) is 0 Å². The van der Waals surface area contributed by atoms with Crippen molar-refractivity contribution in [1.29, 1.82) is 0 Å². The van der Waals surface area contributed by atoms with Crippen LogP contribution in [0.2, 0.25) is 0 Å². The lowest BCUT2D eigenvalue weighted by molar-refractivity contribution is 0.429. The molecule has 0 aliphatic carbocycles. The second-order valence-corrected chi connectivity index (χ2v) is 4.44. The molecule has 0 saturated heterocycles. The zero-order valence-electron chi connectivity index (χ0n) is 9.65. The van der Waals surface area contributed by atoms with E-state index in [4.69, 9.17) is 4.42 Å². The number of aryl methyl sites for hydroxylation is 1. The topological polar surface area (TPSA) is 51.0 Å². The lowest BCUT2D eigenvalue weighted by Crippen LogP contribution is -2.17. The van der Waals surface area contributed by atoms with Gasteiger partial charge in [0.2, 0.25) is 11.8 Å². The maximum Gasteiger partial charge on any atom is 0.248 e. The van der Waals surface area contributed by atoms with E-state index in [1.807, 2.05) is 19.2 Å². The first-order valence-electron chi connectivity index (χ1n) is 5.32. The highest BCUT2D eigenvalue weighted by molar-refractivity contribution is 7.08. The zero-order valence-corrected chi connectivity index (χ0v) is 10.5. The molecule has 5 heteroatoms.